The van der Waals surface area contributed by atoms with E-state index in [1.165, 1.54) is 5.56 Å². The molecule has 0 aliphatic rings. The molecule has 11 rings (SSSR count). The average Bonchev–Trinajstić information content (AvgIpc) is 3.88. The summed E-state index contributed by atoms with van der Waals surface area (Å²) in [6.45, 7) is 6.83. The van der Waals surface area contributed by atoms with Crippen molar-refractivity contribution in [2.24, 2.45) is 0 Å². The molecular formula is C58H42N4Pt. The van der Waals surface area contributed by atoms with Crippen molar-refractivity contribution in [1.82, 2.24) is 19.1 Å². The summed E-state index contributed by atoms with van der Waals surface area (Å²) in [6, 6.07) is 77.8. The fourth-order valence-electron chi connectivity index (χ4n) is 8.89. The van der Waals surface area contributed by atoms with E-state index in [0.29, 0.717) is 0 Å². The van der Waals surface area contributed by atoms with Gasteiger partial charge in [0.2, 0.25) is 5.95 Å². The quantitative estimate of drug-likeness (QED) is 0.149. The van der Waals surface area contributed by atoms with E-state index in [4.69, 9.17) is 9.97 Å². The summed E-state index contributed by atoms with van der Waals surface area (Å²) in [5, 5.41) is 2.28. The SMILES string of the molecule is CC(C)(C)c1ccc(-n2c(-n3c4[c-]ccc(-c5ccccc5)c4c4ccccc43)nc3c(-c4cc(-c5ccccc5)cc(-c5[c-]cccc5)n4)cccc32)c(-c2ccccc2)c1.[Pt+2]. The molecule has 8 aromatic carbocycles. The Balaban J connectivity index is 0.00000471. The summed E-state index contributed by atoms with van der Waals surface area (Å²) in [6.07, 6.45) is 0. The first kappa shape index (κ1) is 40.0. The van der Waals surface area contributed by atoms with Crippen LogP contribution in [0.25, 0.3) is 100 Å². The molecule has 0 amide bonds. The van der Waals surface area contributed by atoms with E-state index < -0.39 is 0 Å². The molecule has 0 saturated carbocycles. The zero-order valence-corrected chi connectivity index (χ0v) is 37.4. The van der Waals surface area contributed by atoms with Gasteiger partial charge in [-0.15, -0.1) is 41.5 Å². The number of aromatic nitrogens is 4. The molecule has 0 bridgehead atoms. The molecule has 0 fully saturated rings. The Kier molecular flexibility index (Phi) is 10.3. The molecule has 0 radical (unpaired) electrons. The Bertz CT molecular complexity index is 3360. The van der Waals surface area contributed by atoms with Crippen LogP contribution in [-0.4, -0.2) is 19.1 Å². The maximum absolute atomic E-state index is 5.78. The van der Waals surface area contributed by atoms with Gasteiger partial charge >= 0.3 is 21.1 Å². The summed E-state index contributed by atoms with van der Waals surface area (Å²) in [5.41, 5.74) is 16.4. The minimum atomic E-state index is -0.0615. The number of benzene rings is 8. The maximum Gasteiger partial charge on any atom is 2.00 e. The number of rotatable bonds is 7. The molecule has 0 N–H and O–H groups in total. The zero-order chi connectivity index (χ0) is 41.8. The molecule has 4 nitrogen and oxygen atoms in total. The summed E-state index contributed by atoms with van der Waals surface area (Å²) < 4.78 is 4.67. The number of pyridine rings is 1. The van der Waals surface area contributed by atoms with Crippen LogP contribution in [0, 0.1) is 12.1 Å². The minimum Gasteiger partial charge on any atom is -0.304 e. The molecule has 0 aliphatic heterocycles. The van der Waals surface area contributed by atoms with Crippen LogP contribution < -0.4 is 0 Å². The molecule has 3 heterocycles. The van der Waals surface area contributed by atoms with Crippen LogP contribution >= 0.6 is 0 Å². The molecule has 5 heteroatoms. The molecule has 304 valence electrons. The first-order valence-corrected chi connectivity index (χ1v) is 21.2. The Morgan fingerprint density at radius 3 is 1.83 bits per heavy atom. The van der Waals surface area contributed by atoms with Gasteiger partial charge in [-0.3, -0.25) is 9.55 Å². The van der Waals surface area contributed by atoms with E-state index in [1.54, 1.807) is 0 Å². The van der Waals surface area contributed by atoms with Gasteiger partial charge in [0, 0.05) is 16.6 Å². The third-order valence-corrected chi connectivity index (χ3v) is 11.9. The third-order valence-electron chi connectivity index (χ3n) is 11.9. The molecule has 11 aromatic rings. The van der Waals surface area contributed by atoms with E-state index in [9.17, 15) is 0 Å². The van der Waals surface area contributed by atoms with Crippen LogP contribution in [0.3, 0.4) is 0 Å². The second kappa shape index (κ2) is 16.3. The first-order chi connectivity index (χ1) is 30.4. The summed E-state index contributed by atoms with van der Waals surface area (Å²) in [7, 11) is 0. The Morgan fingerprint density at radius 2 is 1.11 bits per heavy atom. The number of imidazole rings is 1. The Hall–Kier alpha value is -7.13. The molecule has 0 saturated heterocycles. The van der Waals surface area contributed by atoms with Gasteiger partial charge in [-0.25, -0.2) is 4.98 Å². The minimum absolute atomic E-state index is 0. The van der Waals surface area contributed by atoms with Gasteiger partial charge in [0.05, 0.1) is 16.9 Å². The first-order valence-electron chi connectivity index (χ1n) is 21.2. The molecule has 0 spiro atoms. The average molecular weight is 990 g/mol. The van der Waals surface area contributed by atoms with Gasteiger partial charge in [-0.1, -0.05) is 165 Å². The summed E-state index contributed by atoms with van der Waals surface area (Å²) in [5.74, 6) is 0.775. The van der Waals surface area contributed by atoms with Crippen LogP contribution in [0.5, 0.6) is 0 Å². The number of hydrogen-bond donors (Lipinski definition) is 0. The van der Waals surface area contributed by atoms with Crippen LogP contribution in [0.15, 0.2) is 200 Å². The fourth-order valence-corrected chi connectivity index (χ4v) is 8.89. The normalized spacial score (nSPS) is 11.6. The fraction of sp³-hybridized carbons (Fsp3) is 0.0690. The molecule has 63 heavy (non-hydrogen) atoms. The molecule has 0 unspecified atom stereocenters. The van der Waals surface area contributed by atoms with Crippen molar-refractivity contribution >= 4 is 32.8 Å². The Labute approximate surface area is 382 Å². The largest absolute Gasteiger partial charge is 2.00 e. The molecule has 0 aliphatic carbocycles. The predicted molar refractivity (Wildman–Crippen MR) is 257 cm³/mol. The standard InChI is InChI=1S/C58H42N4.Pt/c1-58(2,3)44-34-35-52(48(38-44)41-24-12-6-13-25-41)62-54-33-19-30-46(50-37-43(39-20-8-4-9-21-39)36-49(59-50)42-26-14-7-15-27-42)56(54)60-57(62)61-51-31-17-16-28-47(51)55-45(29-18-32-53(55)61)40-22-10-5-11-23-40;/h4-26,28-31,33-38H,1-3H3;/q-2;+2. The number of fused-ring (bicyclic) bond motifs is 4. The monoisotopic (exact) mass is 989 g/mol. The number of nitrogens with zero attached hydrogens (tertiary/aromatic N) is 4. The van der Waals surface area contributed by atoms with Crippen LogP contribution in [-0.2, 0) is 26.5 Å². The van der Waals surface area contributed by atoms with Gasteiger partial charge < -0.3 is 4.57 Å². The molecular weight excluding hydrogens is 948 g/mol. The van der Waals surface area contributed by atoms with Crippen LogP contribution in [0.1, 0.15) is 26.3 Å². The third kappa shape index (κ3) is 7.11. The number of hydrogen-bond acceptors (Lipinski definition) is 2. The molecule has 3 aromatic heterocycles. The van der Waals surface area contributed by atoms with E-state index in [-0.39, 0.29) is 26.5 Å². The van der Waals surface area contributed by atoms with Crippen molar-refractivity contribution in [2.45, 2.75) is 26.2 Å². The zero-order valence-electron chi connectivity index (χ0n) is 35.2. The smallest absolute Gasteiger partial charge is 0.304 e. The van der Waals surface area contributed by atoms with Gasteiger partial charge in [-0.2, -0.15) is 18.2 Å². The van der Waals surface area contributed by atoms with Crippen molar-refractivity contribution in [3.05, 3.63) is 218 Å². The van der Waals surface area contributed by atoms with Crippen LogP contribution in [0.4, 0.5) is 0 Å². The van der Waals surface area contributed by atoms with Gasteiger partial charge in [0.1, 0.15) is 5.52 Å². The van der Waals surface area contributed by atoms with Crippen molar-refractivity contribution in [3.8, 4) is 67.5 Å². The van der Waals surface area contributed by atoms with Gasteiger partial charge in [0.25, 0.3) is 0 Å². The van der Waals surface area contributed by atoms with E-state index in [0.717, 1.165) is 100 Å². The summed E-state index contributed by atoms with van der Waals surface area (Å²) >= 11 is 0. The second-order valence-corrected chi connectivity index (χ2v) is 16.9. The Morgan fingerprint density at radius 1 is 0.460 bits per heavy atom. The van der Waals surface area contributed by atoms with Crippen molar-refractivity contribution in [1.29, 1.82) is 0 Å². The van der Waals surface area contributed by atoms with Crippen molar-refractivity contribution in [3.63, 3.8) is 0 Å². The van der Waals surface area contributed by atoms with Gasteiger partial charge in [-0.05, 0) is 74.6 Å². The van der Waals surface area contributed by atoms with Crippen LogP contribution in [0.2, 0.25) is 0 Å². The topological polar surface area (TPSA) is 35.6 Å². The second-order valence-electron chi connectivity index (χ2n) is 16.9. The van der Waals surface area contributed by atoms with E-state index >= 15 is 0 Å². The van der Waals surface area contributed by atoms with Crippen molar-refractivity contribution < 1.29 is 21.1 Å². The van der Waals surface area contributed by atoms with E-state index in [2.05, 4.69) is 218 Å². The van der Waals surface area contributed by atoms with Gasteiger partial charge in [0.15, 0.2) is 0 Å². The number of para-hydroxylation sites is 2. The predicted octanol–water partition coefficient (Wildman–Crippen LogP) is 14.7. The molecule has 0 atom stereocenters. The van der Waals surface area contributed by atoms with E-state index in [1.807, 2.05) is 24.3 Å². The maximum atomic E-state index is 5.78. The van der Waals surface area contributed by atoms with Crippen molar-refractivity contribution in [2.75, 3.05) is 0 Å². The summed E-state index contributed by atoms with van der Waals surface area (Å²) in [4.78, 5) is 11.2.